The Hall–Kier alpha value is -1.24. The lowest BCUT2D eigenvalue weighted by Crippen LogP contribution is -2.30. The van der Waals surface area contributed by atoms with Crippen LogP contribution < -0.4 is 4.90 Å². The Balaban J connectivity index is 2.60. The molecule has 0 saturated heterocycles. The topological polar surface area (TPSA) is 67.7 Å². The quantitative estimate of drug-likeness (QED) is 0.647. The van der Waals surface area contributed by atoms with E-state index in [1.54, 1.807) is 26.6 Å². The van der Waals surface area contributed by atoms with Gasteiger partial charge in [0.15, 0.2) is 0 Å². The highest BCUT2D eigenvalue weighted by Gasteiger charge is 2.08. The predicted molar refractivity (Wildman–Crippen MR) is 68.5 cm³/mol. The molecule has 0 spiro atoms. The van der Waals surface area contributed by atoms with Crippen LogP contribution in [0.1, 0.15) is 12.0 Å². The van der Waals surface area contributed by atoms with Gasteiger partial charge in [0.2, 0.25) is 5.95 Å². The fourth-order valence-electron chi connectivity index (χ4n) is 1.51. The summed E-state index contributed by atoms with van der Waals surface area (Å²) in [7, 11) is 3.36. The van der Waals surface area contributed by atoms with Crippen molar-refractivity contribution in [2.24, 2.45) is 0 Å². The van der Waals surface area contributed by atoms with Crippen LogP contribution in [0.5, 0.6) is 0 Å². The maximum Gasteiger partial charge on any atom is 0.225 e. The third kappa shape index (κ3) is 4.95. The van der Waals surface area contributed by atoms with E-state index >= 15 is 0 Å². The average molecular weight is 255 g/mol. The zero-order chi connectivity index (χ0) is 13.2. The van der Waals surface area contributed by atoms with E-state index in [1.807, 2.05) is 4.90 Å². The molecule has 0 aromatic carbocycles. The molecule has 1 aromatic rings. The Labute approximate surface area is 108 Å². The molecular weight excluding hydrogens is 234 g/mol. The highest BCUT2D eigenvalue weighted by Crippen LogP contribution is 2.07. The number of hydrogen-bond donors (Lipinski definition) is 1. The number of methoxy groups -OCH3 is 2. The van der Waals surface area contributed by atoms with Crippen molar-refractivity contribution in [1.82, 2.24) is 9.97 Å². The minimum atomic E-state index is -0.0397. The van der Waals surface area contributed by atoms with Crippen molar-refractivity contribution >= 4 is 5.95 Å². The maximum atomic E-state index is 8.95. The number of aliphatic hydroxyl groups is 1. The molecule has 0 unspecified atom stereocenters. The molecule has 6 heteroatoms. The summed E-state index contributed by atoms with van der Waals surface area (Å²) in [5, 5.41) is 8.95. The molecular formula is C12H21N3O3. The molecule has 0 fully saturated rings. The molecule has 0 bridgehead atoms. The molecule has 1 aromatic heterocycles. The zero-order valence-electron chi connectivity index (χ0n) is 11.0. The van der Waals surface area contributed by atoms with Crippen LogP contribution in [0.3, 0.4) is 0 Å². The monoisotopic (exact) mass is 255 g/mol. The minimum Gasteiger partial charge on any atom is -0.392 e. The second-order valence-electron chi connectivity index (χ2n) is 3.88. The van der Waals surface area contributed by atoms with Gasteiger partial charge >= 0.3 is 0 Å². The molecule has 0 aliphatic carbocycles. The van der Waals surface area contributed by atoms with Gasteiger partial charge in [0, 0.05) is 51.9 Å². The average Bonchev–Trinajstić information content (AvgIpc) is 2.43. The van der Waals surface area contributed by atoms with Crippen LogP contribution in [-0.2, 0) is 16.1 Å². The van der Waals surface area contributed by atoms with Gasteiger partial charge in [-0.05, 0) is 6.42 Å². The molecule has 1 N–H and O–H groups in total. The Morgan fingerprint density at radius 1 is 1.11 bits per heavy atom. The van der Waals surface area contributed by atoms with Gasteiger partial charge in [-0.1, -0.05) is 0 Å². The smallest absolute Gasteiger partial charge is 0.225 e. The van der Waals surface area contributed by atoms with Crippen molar-refractivity contribution in [3.05, 3.63) is 18.0 Å². The number of aromatic nitrogens is 2. The third-order valence-electron chi connectivity index (χ3n) is 2.50. The SMILES string of the molecule is COCCCN(CCOC)c1ncc(CO)cn1. The molecule has 1 rings (SSSR count). The van der Waals surface area contributed by atoms with Crippen LogP contribution in [0.15, 0.2) is 12.4 Å². The van der Waals surface area contributed by atoms with E-state index in [-0.39, 0.29) is 6.61 Å². The van der Waals surface area contributed by atoms with Crippen molar-refractivity contribution in [1.29, 1.82) is 0 Å². The summed E-state index contributed by atoms with van der Waals surface area (Å²) in [4.78, 5) is 10.5. The standard InChI is InChI=1S/C12H21N3O3/c1-17-6-3-4-15(5-7-18-2)12-13-8-11(10-16)9-14-12/h8-9,16H,3-7,10H2,1-2H3. The van der Waals surface area contributed by atoms with Crippen molar-refractivity contribution < 1.29 is 14.6 Å². The predicted octanol–water partition coefficient (Wildman–Crippen LogP) is 0.458. The Bertz CT molecular complexity index is 319. The molecule has 0 atom stereocenters. The lowest BCUT2D eigenvalue weighted by atomic mass is 10.3. The molecule has 18 heavy (non-hydrogen) atoms. The van der Waals surface area contributed by atoms with Crippen molar-refractivity contribution in [2.45, 2.75) is 13.0 Å². The summed E-state index contributed by atoms with van der Waals surface area (Å²) in [6.07, 6.45) is 4.18. The molecule has 0 saturated carbocycles. The number of aliphatic hydroxyl groups excluding tert-OH is 1. The minimum absolute atomic E-state index is 0.0397. The van der Waals surface area contributed by atoms with Crippen LogP contribution in [0.2, 0.25) is 0 Å². The lowest BCUT2D eigenvalue weighted by molar-refractivity contribution is 0.190. The van der Waals surface area contributed by atoms with Gasteiger partial charge in [0.25, 0.3) is 0 Å². The molecule has 0 radical (unpaired) electrons. The number of nitrogens with zero attached hydrogens (tertiary/aromatic N) is 3. The Morgan fingerprint density at radius 2 is 1.78 bits per heavy atom. The van der Waals surface area contributed by atoms with Crippen LogP contribution in [0.25, 0.3) is 0 Å². The first-order chi connectivity index (χ1) is 8.81. The van der Waals surface area contributed by atoms with Gasteiger partial charge in [-0.3, -0.25) is 0 Å². The number of anilines is 1. The van der Waals surface area contributed by atoms with Crippen molar-refractivity contribution in [3.63, 3.8) is 0 Å². The summed E-state index contributed by atoms with van der Waals surface area (Å²) < 4.78 is 10.1. The molecule has 0 aliphatic heterocycles. The summed E-state index contributed by atoms with van der Waals surface area (Å²) >= 11 is 0. The summed E-state index contributed by atoms with van der Waals surface area (Å²) in [5.74, 6) is 0.653. The van der Waals surface area contributed by atoms with E-state index < -0.39 is 0 Å². The molecule has 6 nitrogen and oxygen atoms in total. The van der Waals surface area contributed by atoms with Crippen LogP contribution in [-0.4, -0.2) is 55.6 Å². The normalized spacial score (nSPS) is 10.6. The fraction of sp³-hybridized carbons (Fsp3) is 0.667. The first-order valence-corrected chi connectivity index (χ1v) is 5.96. The summed E-state index contributed by atoms with van der Waals surface area (Å²) in [6, 6.07) is 0. The first-order valence-electron chi connectivity index (χ1n) is 5.96. The zero-order valence-corrected chi connectivity index (χ0v) is 11.0. The molecule has 102 valence electrons. The van der Waals surface area contributed by atoms with Crippen molar-refractivity contribution in [2.75, 3.05) is 45.4 Å². The van der Waals surface area contributed by atoms with Crippen LogP contribution in [0.4, 0.5) is 5.95 Å². The largest absolute Gasteiger partial charge is 0.392 e. The number of hydrogen-bond acceptors (Lipinski definition) is 6. The van der Waals surface area contributed by atoms with E-state index in [9.17, 15) is 0 Å². The van der Waals surface area contributed by atoms with E-state index in [4.69, 9.17) is 14.6 Å². The van der Waals surface area contributed by atoms with E-state index in [0.29, 0.717) is 24.7 Å². The number of ether oxygens (including phenoxy) is 2. The second-order valence-corrected chi connectivity index (χ2v) is 3.88. The summed E-state index contributed by atoms with van der Waals surface area (Å²) in [5.41, 5.74) is 0.710. The van der Waals surface area contributed by atoms with E-state index in [1.165, 1.54) is 0 Å². The second kappa shape index (κ2) is 8.79. The van der Waals surface area contributed by atoms with Gasteiger partial charge in [-0.25, -0.2) is 9.97 Å². The van der Waals surface area contributed by atoms with Crippen molar-refractivity contribution in [3.8, 4) is 0 Å². The maximum absolute atomic E-state index is 8.95. The molecule has 0 aliphatic rings. The van der Waals surface area contributed by atoms with Crippen LogP contribution in [0, 0.1) is 0 Å². The van der Waals surface area contributed by atoms with E-state index in [2.05, 4.69) is 9.97 Å². The third-order valence-corrected chi connectivity index (χ3v) is 2.50. The van der Waals surface area contributed by atoms with Gasteiger partial charge in [0.05, 0.1) is 13.2 Å². The highest BCUT2D eigenvalue weighted by molar-refractivity contribution is 5.29. The van der Waals surface area contributed by atoms with Gasteiger partial charge in [-0.2, -0.15) is 0 Å². The highest BCUT2D eigenvalue weighted by atomic mass is 16.5. The lowest BCUT2D eigenvalue weighted by Gasteiger charge is -2.22. The Morgan fingerprint density at radius 3 is 2.33 bits per heavy atom. The van der Waals surface area contributed by atoms with Gasteiger partial charge < -0.3 is 19.5 Å². The van der Waals surface area contributed by atoms with Crippen LogP contribution >= 0.6 is 0 Å². The molecule has 0 amide bonds. The molecule has 1 heterocycles. The summed E-state index contributed by atoms with van der Waals surface area (Å²) in [6.45, 7) is 2.84. The first kappa shape index (κ1) is 14.8. The Kier molecular flexibility index (Phi) is 7.24. The van der Waals surface area contributed by atoms with Gasteiger partial charge in [0.1, 0.15) is 0 Å². The van der Waals surface area contributed by atoms with Gasteiger partial charge in [-0.15, -0.1) is 0 Å². The fourth-order valence-corrected chi connectivity index (χ4v) is 1.51. The number of rotatable bonds is 9. The van der Waals surface area contributed by atoms with E-state index in [0.717, 1.165) is 19.5 Å².